The fraction of sp³-hybridized carbons (Fsp3) is 0.150. The fourth-order valence-electron chi connectivity index (χ4n) is 2.85. The Balaban J connectivity index is 1.45. The van der Waals surface area contributed by atoms with Crippen LogP contribution in [0.4, 0.5) is 10.2 Å². The Labute approximate surface area is 154 Å². The van der Waals surface area contributed by atoms with Gasteiger partial charge in [-0.15, -0.1) is 10.2 Å². The summed E-state index contributed by atoms with van der Waals surface area (Å²) >= 11 is 0. The highest BCUT2D eigenvalue weighted by Gasteiger charge is 2.08. The molecule has 4 rings (SSSR count). The Morgan fingerprint density at radius 1 is 1.11 bits per heavy atom. The monoisotopic (exact) mass is 364 g/mol. The third kappa shape index (κ3) is 3.72. The minimum atomic E-state index is -0.483. The number of oxazole rings is 1. The highest BCUT2D eigenvalue weighted by Crippen LogP contribution is 2.22. The first-order valence-corrected chi connectivity index (χ1v) is 8.55. The summed E-state index contributed by atoms with van der Waals surface area (Å²) in [5.41, 5.74) is 3.66. The van der Waals surface area contributed by atoms with Crippen molar-refractivity contribution in [2.24, 2.45) is 0 Å². The fourth-order valence-corrected chi connectivity index (χ4v) is 2.85. The number of nitrogens with zero attached hydrogens (tertiary/aromatic N) is 2. The number of fused-ring (bicyclic) bond motifs is 1. The van der Waals surface area contributed by atoms with E-state index in [2.05, 4.69) is 27.4 Å². The normalized spacial score (nSPS) is 12.2. The minimum absolute atomic E-state index is 0.200. The Morgan fingerprint density at radius 3 is 2.67 bits per heavy atom. The SMILES string of the molecule is CC(CNc1ccc(-c2ccc3[nH]c(=O)oc3c2)nn1)c1ccc(F)cc1. The van der Waals surface area contributed by atoms with Gasteiger partial charge in [0.1, 0.15) is 11.6 Å². The molecule has 4 aromatic rings. The summed E-state index contributed by atoms with van der Waals surface area (Å²) in [6.45, 7) is 2.71. The predicted molar refractivity (Wildman–Crippen MR) is 101 cm³/mol. The summed E-state index contributed by atoms with van der Waals surface area (Å²) in [5.74, 6) is 0.133. The van der Waals surface area contributed by atoms with Crippen molar-refractivity contribution in [2.45, 2.75) is 12.8 Å². The molecule has 0 aliphatic rings. The van der Waals surface area contributed by atoms with Crippen molar-refractivity contribution < 1.29 is 8.81 Å². The van der Waals surface area contributed by atoms with Crippen LogP contribution in [0.2, 0.25) is 0 Å². The van der Waals surface area contributed by atoms with E-state index in [1.807, 2.05) is 18.2 Å². The molecule has 0 amide bonds. The first-order chi connectivity index (χ1) is 13.1. The van der Waals surface area contributed by atoms with E-state index in [0.29, 0.717) is 29.2 Å². The quantitative estimate of drug-likeness (QED) is 0.560. The number of aromatic nitrogens is 3. The second-order valence-corrected chi connectivity index (χ2v) is 6.36. The van der Waals surface area contributed by atoms with Gasteiger partial charge in [-0.05, 0) is 47.9 Å². The smallest absolute Gasteiger partial charge is 0.408 e. The summed E-state index contributed by atoms with van der Waals surface area (Å²) in [6.07, 6.45) is 0. The molecular formula is C20H17FN4O2. The molecule has 0 radical (unpaired) electrons. The largest absolute Gasteiger partial charge is 0.417 e. The van der Waals surface area contributed by atoms with Gasteiger partial charge < -0.3 is 9.73 Å². The van der Waals surface area contributed by atoms with Gasteiger partial charge in [-0.2, -0.15) is 0 Å². The predicted octanol–water partition coefficient (Wildman–Crippen LogP) is 3.93. The average molecular weight is 364 g/mol. The molecule has 7 heteroatoms. The van der Waals surface area contributed by atoms with Crippen LogP contribution >= 0.6 is 0 Å². The molecular weight excluding hydrogens is 347 g/mol. The molecule has 2 aromatic heterocycles. The minimum Gasteiger partial charge on any atom is -0.408 e. The number of anilines is 1. The summed E-state index contributed by atoms with van der Waals surface area (Å²) in [5, 5.41) is 11.7. The lowest BCUT2D eigenvalue weighted by molar-refractivity contribution is 0.555. The number of hydrogen-bond donors (Lipinski definition) is 2. The highest BCUT2D eigenvalue weighted by atomic mass is 19.1. The number of benzene rings is 2. The Hall–Kier alpha value is -3.48. The van der Waals surface area contributed by atoms with Crippen LogP contribution in [0, 0.1) is 5.82 Å². The lowest BCUT2D eigenvalue weighted by Crippen LogP contribution is -2.11. The molecule has 0 aliphatic carbocycles. The van der Waals surface area contributed by atoms with Gasteiger partial charge in [-0.1, -0.05) is 25.1 Å². The highest BCUT2D eigenvalue weighted by molar-refractivity contribution is 5.78. The molecule has 0 aliphatic heterocycles. The van der Waals surface area contributed by atoms with Gasteiger partial charge in [0.15, 0.2) is 5.58 Å². The van der Waals surface area contributed by atoms with E-state index >= 15 is 0 Å². The lowest BCUT2D eigenvalue weighted by atomic mass is 10.0. The standard InChI is InChI=1S/C20H17FN4O2/c1-12(13-2-5-15(21)6-3-13)11-22-19-9-8-16(24-25-19)14-4-7-17-18(10-14)27-20(26)23-17/h2-10,12H,11H2,1H3,(H,22,25)(H,23,26). The zero-order valence-electron chi connectivity index (χ0n) is 14.6. The Kier molecular flexibility index (Phi) is 4.42. The summed E-state index contributed by atoms with van der Waals surface area (Å²) in [4.78, 5) is 13.9. The summed E-state index contributed by atoms with van der Waals surface area (Å²) in [7, 11) is 0. The third-order valence-corrected chi connectivity index (χ3v) is 4.41. The van der Waals surface area contributed by atoms with Gasteiger partial charge in [0.25, 0.3) is 0 Å². The van der Waals surface area contributed by atoms with Crippen LogP contribution in [-0.2, 0) is 0 Å². The molecule has 2 aromatic carbocycles. The number of aromatic amines is 1. The van der Waals surface area contributed by atoms with Gasteiger partial charge in [0.2, 0.25) is 0 Å². The van der Waals surface area contributed by atoms with Crippen molar-refractivity contribution >= 4 is 16.9 Å². The lowest BCUT2D eigenvalue weighted by Gasteiger charge is -2.13. The Bertz CT molecular complexity index is 1120. The molecule has 0 saturated heterocycles. The van der Waals surface area contributed by atoms with Gasteiger partial charge in [-0.25, -0.2) is 9.18 Å². The van der Waals surface area contributed by atoms with Crippen molar-refractivity contribution in [3.8, 4) is 11.3 Å². The number of hydrogen-bond acceptors (Lipinski definition) is 5. The van der Waals surface area contributed by atoms with E-state index in [1.165, 1.54) is 12.1 Å². The van der Waals surface area contributed by atoms with Crippen LogP contribution in [0.5, 0.6) is 0 Å². The van der Waals surface area contributed by atoms with Gasteiger partial charge >= 0.3 is 5.76 Å². The van der Waals surface area contributed by atoms with E-state index in [0.717, 1.165) is 11.1 Å². The maximum Gasteiger partial charge on any atom is 0.417 e. The van der Waals surface area contributed by atoms with Crippen molar-refractivity contribution in [1.82, 2.24) is 15.2 Å². The maximum absolute atomic E-state index is 13.0. The molecule has 0 bridgehead atoms. The first-order valence-electron chi connectivity index (χ1n) is 8.55. The zero-order valence-corrected chi connectivity index (χ0v) is 14.6. The van der Waals surface area contributed by atoms with Crippen LogP contribution < -0.4 is 11.1 Å². The Morgan fingerprint density at radius 2 is 1.93 bits per heavy atom. The molecule has 1 atom stereocenters. The van der Waals surface area contributed by atoms with E-state index in [1.54, 1.807) is 24.3 Å². The first kappa shape index (κ1) is 17.0. The van der Waals surface area contributed by atoms with Gasteiger partial charge in [0, 0.05) is 12.1 Å². The second-order valence-electron chi connectivity index (χ2n) is 6.36. The number of nitrogens with one attached hydrogen (secondary N) is 2. The molecule has 27 heavy (non-hydrogen) atoms. The van der Waals surface area contributed by atoms with Crippen molar-refractivity contribution in [3.05, 3.63) is 76.5 Å². The number of rotatable bonds is 5. The molecule has 1 unspecified atom stereocenters. The molecule has 0 fully saturated rings. The van der Waals surface area contributed by atoms with Crippen molar-refractivity contribution in [2.75, 3.05) is 11.9 Å². The molecule has 0 saturated carbocycles. The second kappa shape index (κ2) is 7.03. The van der Waals surface area contributed by atoms with Crippen molar-refractivity contribution in [1.29, 1.82) is 0 Å². The van der Waals surface area contributed by atoms with Crippen LogP contribution in [-0.4, -0.2) is 21.7 Å². The molecule has 0 spiro atoms. The van der Waals surface area contributed by atoms with E-state index in [4.69, 9.17) is 4.42 Å². The number of halogens is 1. The van der Waals surface area contributed by atoms with Crippen molar-refractivity contribution in [3.63, 3.8) is 0 Å². The topological polar surface area (TPSA) is 83.8 Å². The van der Waals surface area contributed by atoms with E-state index in [9.17, 15) is 9.18 Å². The van der Waals surface area contributed by atoms with Crippen LogP contribution in [0.1, 0.15) is 18.4 Å². The van der Waals surface area contributed by atoms with Crippen LogP contribution in [0.25, 0.3) is 22.4 Å². The molecule has 6 nitrogen and oxygen atoms in total. The van der Waals surface area contributed by atoms with E-state index in [-0.39, 0.29) is 11.7 Å². The van der Waals surface area contributed by atoms with Gasteiger partial charge in [-0.3, -0.25) is 4.98 Å². The van der Waals surface area contributed by atoms with Crippen LogP contribution in [0.15, 0.2) is 63.8 Å². The summed E-state index contributed by atoms with van der Waals surface area (Å²) < 4.78 is 18.1. The summed E-state index contributed by atoms with van der Waals surface area (Å²) in [6, 6.07) is 15.6. The average Bonchev–Trinajstić information content (AvgIpc) is 3.06. The maximum atomic E-state index is 13.0. The molecule has 2 heterocycles. The zero-order chi connectivity index (χ0) is 18.8. The molecule has 2 N–H and O–H groups in total. The third-order valence-electron chi connectivity index (χ3n) is 4.41. The molecule has 136 valence electrons. The van der Waals surface area contributed by atoms with Crippen LogP contribution in [0.3, 0.4) is 0 Å². The van der Waals surface area contributed by atoms with Gasteiger partial charge in [0.05, 0.1) is 11.2 Å². The number of H-pyrrole nitrogens is 1. The van der Waals surface area contributed by atoms with E-state index < -0.39 is 5.76 Å².